The Kier molecular flexibility index (Phi) is 7.52. The van der Waals surface area contributed by atoms with Crippen LogP contribution in [0.2, 0.25) is 0 Å². The molecular formula is C28H35N6O3-. The molecule has 0 fully saturated rings. The highest BCUT2D eigenvalue weighted by molar-refractivity contribution is 5.94. The van der Waals surface area contributed by atoms with Crippen molar-refractivity contribution >= 4 is 23.5 Å². The van der Waals surface area contributed by atoms with Gasteiger partial charge >= 0.3 is 6.09 Å². The van der Waals surface area contributed by atoms with Crippen molar-refractivity contribution in [1.29, 1.82) is 0 Å². The molecule has 1 aromatic carbocycles. The fraction of sp³-hybridized carbons (Fsp3) is 0.429. The molecule has 0 bridgehead atoms. The highest BCUT2D eigenvalue weighted by Gasteiger charge is 2.31. The third-order valence-corrected chi connectivity index (χ3v) is 6.26. The Morgan fingerprint density at radius 3 is 2.65 bits per heavy atom. The fourth-order valence-corrected chi connectivity index (χ4v) is 4.52. The molecule has 0 N–H and O–H groups in total. The maximum atomic E-state index is 12.5. The Bertz CT molecular complexity index is 1250. The van der Waals surface area contributed by atoms with Gasteiger partial charge in [-0.05, 0) is 63.4 Å². The standard InChI is InChI=1S/C28H35N6O3/c1-19-15-24(31-26-9-7-8-12-29-26)23-16-21(10-11-25(23)34(19)20(2)35)22-17-30-33(18-22)14-13-32(6)27(36)37-28(3,4)5/h7-12,16-19,24H,13-15H2,1-6H3/q-1/t19-,24?/m0/s1. The second kappa shape index (κ2) is 10.6. The fourth-order valence-electron chi connectivity index (χ4n) is 4.52. The molecule has 37 heavy (non-hydrogen) atoms. The number of ether oxygens (including phenoxy) is 1. The van der Waals surface area contributed by atoms with E-state index in [2.05, 4.69) is 23.1 Å². The maximum Gasteiger partial charge on any atom is 0.410 e. The van der Waals surface area contributed by atoms with E-state index in [1.54, 1.807) is 25.1 Å². The van der Waals surface area contributed by atoms with Crippen LogP contribution in [0.15, 0.2) is 55.0 Å². The number of carbonyl (C=O) groups excluding carboxylic acids is 2. The number of likely N-dealkylation sites (N-methyl/N-ethyl adjacent to an activating group) is 1. The molecule has 1 unspecified atom stereocenters. The zero-order chi connectivity index (χ0) is 26.7. The minimum Gasteiger partial charge on any atom is -0.457 e. The largest absolute Gasteiger partial charge is 0.457 e. The molecule has 0 spiro atoms. The van der Waals surface area contributed by atoms with Crippen molar-refractivity contribution in [2.24, 2.45) is 0 Å². The molecule has 9 nitrogen and oxygen atoms in total. The number of hydrogen-bond donors (Lipinski definition) is 0. The van der Waals surface area contributed by atoms with Crippen molar-refractivity contribution < 1.29 is 14.3 Å². The first kappa shape index (κ1) is 26.2. The van der Waals surface area contributed by atoms with Crippen LogP contribution in [-0.2, 0) is 16.1 Å². The Morgan fingerprint density at radius 2 is 1.97 bits per heavy atom. The summed E-state index contributed by atoms with van der Waals surface area (Å²) in [6.07, 6.45) is 5.86. The van der Waals surface area contributed by atoms with Gasteiger partial charge in [-0.15, -0.1) is 0 Å². The molecule has 1 aliphatic heterocycles. The Hall–Kier alpha value is -3.88. The van der Waals surface area contributed by atoms with E-state index in [0.717, 1.165) is 22.4 Å². The Balaban J connectivity index is 1.55. The first-order valence-electron chi connectivity index (χ1n) is 12.5. The summed E-state index contributed by atoms with van der Waals surface area (Å²) in [4.78, 5) is 32.5. The summed E-state index contributed by atoms with van der Waals surface area (Å²) in [6.45, 7) is 10.2. The van der Waals surface area contributed by atoms with Gasteiger partial charge in [-0.25, -0.2) is 4.79 Å². The lowest BCUT2D eigenvalue weighted by Gasteiger charge is -2.42. The number of hydrogen-bond acceptors (Lipinski definition) is 5. The maximum absolute atomic E-state index is 12.5. The summed E-state index contributed by atoms with van der Waals surface area (Å²) in [5.41, 5.74) is 3.28. The van der Waals surface area contributed by atoms with Crippen LogP contribution in [-0.4, -0.2) is 56.9 Å². The van der Waals surface area contributed by atoms with E-state index in [1.807, 2.05) is 73.1 Å². The SMILES string of the molecule is CC(=O)N1c2ccc(-c3cnn(CCN(C)C(=O)OC(C)(C)C)c3)cc2C([N-]c2ccccn2)C[C@@H]1C. The summed E-state index contributed by atoms with van der Waals surface area (Å²) in [6, 6.07) is 11.7. The van der Waals surface area contributed by atoms with Crippen LogP contribution in [0.25, 0.3) is 16.4 Å². The molecule has 2 amide bonds. The van der Waals surface area contributed by atoms with Crippen LogP contribution in [0.4, 0.5) is 16.3 Å². The molecule has 0 saturated carbocycles. The molecule has 196 valence electrons. The number of pyridine rings is 1. The number of benzene rings is 1. The van der Waals surface area contributed by atoms with Crippen LogP contribution in [0.1, 0.15) is 52.6 Å². The molecule has 2 atom stereocenters. The van der Waals surface area contributed by atoms with Crippen molar-refractivity contribution in [3.8, 4) is 11.1 Å². The van der Waals surface area contributed by atoms with Crippen LogP contribution >= 0.6 is 0 Å². The van der Waals surface area contributed by atoms with E-state index < -0.39 is 5.60 Å². The van der Waals surface area contributed by atoms with E-state index in [9.17, 15) is 9.59 Å². The zero-order valence-electron chi connectivity index (χ0n) is 22.4. The minimum absolute atomic E-state index is 0.0136. The van der Waals surface area contributed by atoms with Crippen LogP contribution < -0.4 is 4.90 Å². The highest BCUT2D eigenvalue weighted by atomic mass is 16.6. The number of carbonyl (C=O) groups is 2. The third-order valence-electron chi connectivity index (χ3n) is 6.26. The molecule has 9 heteroatoms. The second-order valence-electron chi connectivity index (χ2n) is 10.5. The predicted octanol–water partition coefficient (Wildman–Crippen LogP) is 5.70. The number of fused-ring (bicyclic) bond motifs is 1. The van der Waals surface area contributed by atoms with Gasteiger partial charge in [0.25, 0.3) is 0 Å². The van der Waals surface area contributed by atoms with Gasteiger partial charge in [0, 0.05) is 44.0 Å². The van der Waals surface area contributed by atoms with Crippen molar-refractivity contribution in [2.75, 3.05) is 18.5 Å². The first-order chi connectivity index (χ1) is 17.5. The van der Waals surface area contributed by atoms with Crippen LogP contribution in [0, 0.1) is 0 Å². The van der Waals surface area contributed by atoms with Gasteiger partial charge in [-0.1, -0.05) is 36.3 Å². The lowest BCUT2D eigenvalue weighted by molar-refractivity contribution is -0.117. The van der Waals surface area contributed by atoms with Crippen molar-refractivity contribution in [3.63, 3.8) is 0 Å². The average molecular weight is 504 g/mol. The second-order valence-corrected chi connectivity index (χ2v) is 10.5. The van der Waals surface area contributed by atoms with Crippen LogP contribution in [0.5, 0.6) is 0 Å². The quantitative estimate of drug-likeness (QED) is 0.430. The van der Waals surface area contributed by atoms with Crippen LogP contribution in [0.3, 0.4) is 0 Å². The minimum atomic E-state index is -0.535. The lowest BCUT2D eigenvalue weighted by Crippen LogP contribution is -2.41. The molecule has 3 heterocycles. The van der Waals surface area contributed by atoms with Gasteiger partial charge < -0.3 is 24.8 Å². The van der Waals surface area contributed by atoms with E-state index in [1.165, 1.54) is 0 Å². The lowest BCUT2D eigenvalue weighted by atomic mass is 9.89. The number of amides is 2. The average Bonchev–Trinajstić information content (AvgIpc) is 3.31. The monoisotopic (exact) mass is 503 g/mol. The van der Waals surface area contributed by atoms with Crippen molar-refractivity contribution in [2.45, 2.75) is 65.3 Å². The molecule has 1 aliphatic rings. The molecule has 4 rings (SSSR count). The summed E-state index contributed by atoms with van der Waals surface area (Å²) in [7, 11) is 1.72. The Labute approximate surface area is 218 Å². The predicted molar refractivity (Wildman–Crippen MR) is 144 cm³/mol. The summed E-state index contributed by atoms with van der Waals surface area (Å²) >= 11 is 0. The van der Waals surface area contributed by atoms with E-state index in [-0.39, 0.29) is 24.1 Å². The number of anilines is 1. The Morgan fingerprint density at radius 1 is 1.19 bits per heavy atom. The van der Waals surface area contributed by atoms with Crippen molar-refractivity contribution in [3.05, 3.63) is 65.9 Å². The van der Waals surface area contributed by atoms with Gasteiger partial charge in [-0.3, -0.25) is 9.48 Å². The number of nitrogens with zero attached hydrogens (tertiary/aromatic N) is 6. The van der Waals surface area contributed by atoms with Gasteiger partial charge in [0.05, 0.1) is 12.7 Å². The van der Waals surface area contributed by atoms with Gasteiger partial charge in [0.15, 0.2) is 0 Å². The highest BCUT2D eigenvalue weighted by Crippen LogP contribution is 2.45. The normalized spacial score (nSPS) is 17.2. The molecule has 0 saturated heterocycles. The van der Waals surface area contributed by atoms with Gasteiger partial charge in [-0.2, -0.15) is 5.10 Å². The number of rotatable bonds is 6. The smallest absolute Gasteiger partial charge is 0.410 e. The summed E-state index contributed by atoms with van der Waals surface area (Å²) in [5.74, 6) is 0.689. The molecule has 0 aliphatic carbocycles. The number of aromatic nitrogens is 3. The molecular weight excluding hydrogens is 468 g/mol. The summed E-state index contributed by atoms with van der Waals surface area (Å²) in [5, 5.41) is 9.41. The van der Waals surface area contributed by atoms with Gasteiger partial charge in [0.2, 0.25) is 5.91 Å². The first-order valence-corrected chi connectivity index (χ1v) is 12.5. The molecule has 3 aromatic rings. The molecule has 2 aromatic heterocycles. The zero-order valence-corrected chi connectivity index (χ0v) is 22.4. The molecule has 0 radical (unpaired) electrons. The van der Waals surface area contributed by atoms with Gasteiger partial charge in [0.1, 0.15) is 5.60 Å². The van der Waals surface area contributed by atoms with E-state index in [0.29, 0.717) is 25.3 Å². The summed E-state index contributed by atoms with van der Waals surface area (Å²) < 4.78 is 7.23. The van der Waals surface area contributed by atoms with E-state index in [4.69, 9.17) is 10.1 Å². The van der Waals surface area contributed by atoms with E-state index >= 15 is 0 Å². The third kappa shape index (κ3) is 6.28. The van der Waals surface area contributed by atoms with Crippen molar-refractivity contribution in [1.82, 2.24) is 19.7 Å². The topological polar surface area (TPSA) is 94.7 Å².